The topological polar surface area (TPSA) is 49.9 Å². The molecule has 6 nitrogen and oxygen atoms in total. The molecule has 0 aliphatic carbocycles. The Morgan fingerprint density at radius 2 is 1.81 bits per heavy atom. The maximum atomic E-state index is 5.93. The van der Waals surface area contributed by atoms with Gasteiger partial charge in [-0.25, -0.2) is 0 Å². The molecule has 5 rings (SSSR count). The van der Waals surface area contributed by atoms with Crippen LogP contribution in [0.3, 0.4) is 0 Å². The molecule has 2 aliphatic rings. The van der Waals surface area contributed by atoms with E-state index in [9.17, 15) is 0 Å². The second-order valence-corrected chi connectivity index (χ2v) is 10.2. The Kier molecular flexibility index (Phi) is 6.12. The van der Waals surface area contributed by atoms with Crippen LogP contribution in [0, 0.1) is 0 Å². The summed E-state index contributed by atoms with van der Waals surface area (Å²) in [5, 5.41) is 4.16. The molecule has 1 aromatic heterocycles. The number of pyridine rings is 1. The highest BCUT2D eigenvalue weighted by Crippen LogP contribution is 2.47. The van der Waals surface area contributed by atoms with Crippen LogP contribution in [-0.4, -0.2) is 36.9 Å². The molecule has 0 amide bonds. The minimum Gasteiger partial charge on any atom is -0.497 e. The summed E-state index contributed by atoms with van der Waals surface area (Å²) in [4.78, 5) is 9.15. The SMILES string of the molecule is COc1ccc(OC)c(N2C(=S)N[C@@H](c3ccccn3)[C@@H]2c2ccc3c(c2)C(C)=CC(C)(C)N3C)c1. The molecular formula is C29H32N4O2S. The van der Waals surface area contributed by atoms with Crippen LogP contribution in [0.2, 0.25) is 0 Å². The fourth-order valence-electron chi connectivity index (χ4n) is 5.30. The molecule has 7 heteroatoms. The summed E-state index contributed by atoms with van der Waals surface area (Å²) in [5.41, 5.74) is 6.58. The zero-order valence-corrected chi connectivity index (χ0v) is 22.4. The van der Waals surface area contributed by atoms with Crippen LogP contribution in [0.1, 0.15) is 49.7 Å². The zero-order chi connectivity index (χ0) is 25.6. The van der Waals surface area contributed by atoms with Gasteiger partial charge in [0.1, 0.15) is 11.5 Å². The second-order valence-electron chi connectivity index (χ2n) is 9.85. The van der Waals surface area contributed by atoms with E-state index in [-0.39, 0.29) is 17.6 Å². The van der Waals surface area contributed by atoms with Crippen molar-refractivity contribution in [2.75, 3.05) is 31.1 Å². The van der Waals surface area contributed by atoms with Crippen LogP contribution in [0.25, 0.3) is 5.57 Å². The minimum atomic E-state index is -0.147. The van der Waals surface area contributed by atoms with Crippen molar-refractivity contribution in [3.8, 4) is 11.5 Å². The zero-order valence-electron chi connectivity index (χ0n) is 21.6. The summed E-state index contributed by atoms with van der Waals surface area (Å²) >= 11 is 5.93. The van der Waals surface area contributed by atoms with E-state index in [4.69, 9.17) is 21.7 Å². The van der Waals surface area contributed by atoms with Gasteiger partial charge in [0.15, 0.2) is 5.11 Å². The first kappa shape index (κ1) is 24.1. The lowest BCUT2D eigenvalue weighted by Crippen LogP contribution is -2.42. The number of likely N-dealkylation sites (N-methyl/N-ethyl adjacent to an activating group) is 1. The molecule has 3 aromatic rings. The Balaban J connectivity index is 1.69. The summed E-state index contributed by atoms with van der Waals surface area (Å²) in [7, 11) is 5.49. The predicted molar refractivity (Wildman–Crippen MR) is 150 cm³/mol. The van der Waals surface area contributed by atoms with Crippen molar-refractivity contribution in [2.45, 2.75) is 38.4 Å². The number of thiocarbonyl (C=S) groups is 1. The average molecular weight is 501 g/mol. The summed E-state index contributed by atoms with van der Waals surface area (Å²) in [6.45, 7) is 6.66. The maximum Gasteiger partial charge on any atom is 0.174 e. The van der Waals surface area contributed by atoms with Gasteiger partial charge in [-0.05, 0) is 80.5 Å². The molecule has 1 N–H and O–H groups in total. The second kappa shape index (κ2) is 9.13. The van der Waals surface area contributed by atoms with E-state index in [1.165, 1.54) is 16.8 Å². The molecule has 3 heterocycles. The summed E-state index contributed by atoms with van der Waals surface area (Å²) in [6.07, 6.45) is 4.15. The number of hydrogen-bond donors (Lipinski definition) is 1. The molecule has 2 aromatic carbocycles. The molecule has 36 heavy (non-hydrogen) atoms. The number of aromatic nitrogens is 1. The lowest BCUT2D eigenvalue weighted by molar-refractivity contribution is 0.403. The number of ether oxygens (including phenoxy) is 2. The summed E-state index contributed by atoms with van der Waals surface area (Å²) in [5.74, 6) is 1.46. The molecule has 0 spiro atoms. The van der Waals surface area contributed by atoms with Crippen molar-refractivity contribution in [1.82, 2.24) is 10.3 Å². The van der Waals surface area contributed by atoms with E-state index in [0.29, 0.717) is 5.11 Å². The standard InChI is InChI=1S/C29H32N4O2S/c1-18-17-29(2,3)32(4)23-12-10-19(15-21(18)23)27-26(22-9-7-8-14-30-22)31-28(36)33(27)24-16-20(34-5)11-13-25(24)35-6/h7-17,26-27H,1-6H3,(H,31,36)/t26-,27-/m0/s1. The number of benzene rings is 2. The van der Waals surface area contributed by atoms with Gasteiger partial charge in [-0.15, -0.1) is 0 Å². The van der Waals surface area contributed by atoms with Gasteiger partial charge in [-0.1, -0.05) is 18.2 Å². The Labute approximate surface area is 218 Å². The highest BCUT2D eigenvalue weighted by molar-refractivity contribution is 7.80. The monoisotopic (exact) mass is 500 g/mol. The van der Waals surface area contributed by atoms with Gasteiger partial charge in [0.05, 0.1) is 43.2 Å². The Morgan fingerprint density at radius 1 is 1.00 bits per heavy atom. The third-order valence-corrected chi connectivity index (χ3v) is 7.64. The smallest absolute Gasteiger partial charge is 0.174 e. The fraction of sp³-hybridized carbons (Fsp3) is 0.310. The van der Waals surface area contributed by atoms with Crippen molar-refractivity contribution < 1.29 is 9.47 Å². The molecular weight excluding hydrogens is 468 g/mol. The lowest BCUT2D eigenvalue weighted by Gasteiger charge is -2.41. The predicted octanol–water partition coefficient (Wildman–Crippen LogP) is 5.91. The fourth-order valence-corrected chi connectivity index (χ4v) is 5.64. The molecule has 1 fully saturated rings. The lowest BCUT2D eigenvalue weighted by atomic mass is 9.86. The number of fused-ring (bicyclic) bond motifs is 1. The molecule has 0 saturated carbocycles. The first-order chi connectivity index (χ1) is 17.2. The van der Waals surface area contributed by atoms with Gasteiger partial charge < -0.3 is 24.6 Å². The molecule has 186 valence electrons. The van der Waals surface area contributed by atoms with E-state index in [2.05, 4.69) is 72.2 Å². The molecule has 2 atom stereocenters. The highest BCUT2D eigenvalue weighted by atomic mass is 32.1. The van der Waals surface area contributed by atoms with E-state index >= 15 is 0 Å². The molecule has 0 unspecified atom stereocenters. The van der Waals surface area contributed by atoms with Crippen molar-refractivity contribution >= 4 is 34.3 Å². The van der Waals surface area contributed by atoms with E-state index < -0.39 is 0 Å². The van der Waals surface area contributed by atoms with E-state index in [0.717, 1.165) is 28.4 Å². The number of allylic oxidation sites excluding steroid dienone is 1. The largest absolute Gasteiger partial charge is 0.497 e. The summed E-state index contributed by atoms with van der Waals surface area (Å²) < 4.78 is 11.3. The van der Waals surface area contributed by atoms with Crippen molar-refractivity contribution in [3.05, 3.63) is 83.7 Å². The molecule has 0 radical (unpaired) electrons. The first-order valence-electron chi connectivity index (χ1n) is 12.1. The number of hydrogen-bond acceptors (Lipinski definition) is 5. The van der Waals surface area contributed by atoms with Crippen molar-refractivity contribution in [2.24, 2.45) is 0 Å². The quantitative estimate of drug-likeness (QED) is 0.437. The number of methoxy groups -OCH3 is 2. The van der Waals surface area contributed by atoms with Gasteiger partial charge in [-0.3, -0.25) is 4.98 Å². The van der Waals surface area contributed by atoms with Crippen LogP contribution < -0.4 is 24.6 Å². The number of rotatable bonds is 5. The van der Waals surface area contributed by atoms with Crippen LogP contribution in [-0.2, 0) is 0 Å². The number of nitrogens with one attached hydrogen (secondary N) is 1. The number of anilines is 2. The molecule has 2 aliphatic heterocycles. The van der Waals surface area contributed by atoms with E-state index in [1.54, 1.807) is 14.2 Å². The third kappa shape index (κ3) is 3.97. The third-order valence-electron chi connectivity index (χ3n) is 7.33. The molecule has 0 bridgehead atoms. The Morgan fingerprint density at radius 3 is 2.50 bits per heavy atom. The highest BCUT2D eigenvalue weighted by Gasteiger charge is 2.42. The van der Waals surface area contributed by atoms with Crippen molar-refractivity contribution in [3.63, 3.8) is 0 Å². The van der Waals surface area contributed by atoms with Crippen LogP contribution in [0.5, 0.6) is 11.5 Å². The van der Waals surface area contributed by atoms with Crippen LogP contribution in [0.15, 0.2) is 66.9 Å². The summed E-state index contributed by atoms with van der Waals surface area (Å²) in [6, 6.07) is 18.2. The minimum absolute atomic E-state index is 0.0500. The van der Waals surface area contributed by atoms with Crippen LogP contribution >= 0.6 is 12.2 Å². The van der Waals surface area contributed by atoms with Gasteiger partial charge in [0.2, 0.25) is 0 Å². The van der Waals surface area contributed by atoms with Gasteiger partial charge in [0.25, 0.3) is 0 Å². The first-order valence-corrected chi connectivity index (χ1v) is 12.5. The van der Waals surface area contributed by atoms with E-state index in [1.807, 2.05) is 42.6 Å². The van der Waals surface area contributed by atoms with Crippen LogP contribution in [0.4, 0.5) is 11.4 Å². The number of nitrogens with zero attached hydrogens (tertiary/aromatic N) is 3. The molecule has 1 saturated heterocycles. The normalized spacial score (nSPS) is 20.5. The average Bonchev–Trinajstić information content (AvgIpc) is 3.23. The van der Waals surface area contributed by atoms with Gasteiger partial charge in [0, 0.05) is 30.6 Å². The maximum absolute atomic E-state index is 5.93. The van der Waals surface area contributed by atoms with Crippen molar-refractivity contribution in [1.29, 1.82) is 0 Å². The van der Waals surface area contributed by atoms with Gasteiger partial charge in [-0.2, -0.15) is 0 Å². The Hall–Kier alpha value is -3.58. The van der Waals surface area contributed by atoms with Gasteiger partial charge >= 0.3 is 0 Å². The Bertz CT molecular complexity index is 1340.